The van der Waals surface area contributed by atoms with E-state index in [0.717, 1.165) is 9.16 Å². The molecule has 2 aliphatic heterocycles. The fraction of sp³-hybridized carbons (Fsp3) is 1.00. The van der Waals surface area contributed by atoms with Crippen molar-refractivity contribution < 1.29 is 0 Å². The summed E-state index contributed by atoms with van der Waals surface area (Å²) >= 11 is 8.56. The SMILES string of the molecule is C1CC(SCSC2CCS2)S1. The molecule has 0 aromatic carbocycles. The molecule has 11 heavy (non-hydrogen) atoms. The van der Waals surface area contributed by atoms with E-state index in [2.05, 4.69) is 47.0 Å². The molecule has 0 aromatic rings. The Bertz CT molecular complexity index is 106. The van der Waals surface area contributed by atoms with Crippen molar-refractivity contribution in [2.75, 3.05) is 16.6 Å². The van der Waals surface area contributed by atoms with Gasteiger partial charge in [-0.3, -0.25) is 0 Å². The summed E-state index contributed by atoms with van der Waals surface area (Å²) < 4.78 is 1.90. The van der Waals surface area contributed by atoms with E-state index in [-0.39, 0.29) is 0 Å². The Morgan fingerprint density at radius 3 is 1.73 bits per heavy atom. The standard InChI is InChI=1S/C7H12S4/c1-3-8-6(1)10-5-11-7-2-4-9-7/h6-7H,1-5H2. The molecular weight excluding hydrogens is 212 g/mol. The molecule has 0 bridgehead atoms. The van der Waals surface area contributed by atoms with Crippen molar-refractivity contribution >= 4 is 47.0 Å². The molecule has 0 saturated carbocycles. The quantitative estimate of drug-likeness (QED) is 0.671. The molecule has 0 aliphatic carbocycles. The maximum atomic E-state index is 2.15. The summed E-state index contributed by atoms with van der Waals surface area (Å²) in [4.78, 5) is 0. The van der Waals surface area contributed by atoms with Crippen molar-refractivity contribution in [1.29, 1.82) is 0 Å². The topological polar surface area (TPSA) is 0 Å². The number of thioether (sulfide) groups is 4. The molecule has 2 aliphatic rings. The second-order valence-corrected chi connectivity index (χ2v) is 8.59. The normalized spacial score (nSPS) is 36.0. The van der Waals surface area contributed by atoms with Gasteiger partial charge in [-0.1, -0.05) is 0 Å². The molecule has 0 amide bonds. The van der Waals surface area contributed by atoms with Gasteiger partial charge in [0.05, 0.1) is 9.16 Å². The van der Waals surface area contributed by atoms with Crippen LogP contribution in [0.25, 0.3) is 0 Å². The Labute approximate surface area is 85.4 Å². The Balaban J connectivity index is 1.46. The van der Waals surface area contributed by atoms with Gasteiger partial charge in [-0.15, -0.1) is 47.0 Å². The van der Waals surface area contributed by atoms with Crippen molar-refractivity contribution in [3.63, 3.8) is 0 Å². The fourth-order valence-electron chi connectivity index (χ4n) is 0.882. The Morgan fingerprint density at radius 2 is 1.45 bits per heavy atom. The summed E-state index contributed by atoms with van der Waals surface area (Å²) in [5, 5.41) is 1.33. The number of hydrogen-bond donors (Lipinski definition) is 0. The minimum atomic E-state index is 0.951. The van der Waals surface area contributed by atoms with Crippen LogP contribution in [-0.2, 0) is 0 Å². The van der Waals surface area contributed by atoms with E-state index in [9.17, 15) is 0 Å². The Hall–Kier alpha value is 1.40. The molecule has 2 heterocycles. The van der Waals surface area contributed by atoms with E-state index in [1.54, 1.807) is 0 Å². The maximum absolute atomic E-state index is 2.15. The smallest absolute Gasteiger partial charge is 0.0518 e. The van der Waals surface area contributed by atoms with Crippen molar-refractivity contribution in [3.05, 3.63) is 0 Å². The summed E-state index contributed by atoms with van der Waals surface area (Å²) in [6.07, 6.45) is 2.90. The first-order valence-corrected chi connectivity index (χ1v) is 8.11. The van der Waals surface area contributed by atoms with E-state index in [1.807, 2.05) is 0 Å². The maximum Gasteiger partial charge on any atom is 0.0518 e. The summed E-state index contributed by atoms with van der Waals surface area (Å²) in [5.41, 5.74) is 0. The molecule has 2 fully saturated rings. The van der Waals surface area contributed by atoms with Gasteiger partial charge in [0.15, 0.2) is 0 Å². The molecule has 2 atom stereocenters. The van der Waals surface area contributed by atoms with Crippen LogP contribution in [0.4, 0.5) is 0 Å². The van der Waals surface area contributed by atoms with Crippen molar-refractivity contribution in [2.24, 2.45) is 0 Å². The van der Waals surface area contributed by atoms with Crippen molar-refractivity contribution in [2.45, 2.75) is 22.0 Å². The lowest BCUT2D eigenvalue weighted by Gasteiger charge is -2.27. The fourth-order valence-corrected chi connectivity index (χ4v) is 6.52. The first kappa shape index (κ1) is 8.97. The lowest BCUT2D eigenvalue weighted by molar-refractivity contribution is 1.01. The summed E-state index contributed by atoms with van der Waals surface area (Å²) in [5.74, 6) is 2.81. The minimum absolute atomic E-state index is 0.951. The molecule has 2 unspecified atom stereocenters. The highest BCUT2D eigenvalue weighted by molar-refractivity contribution is 8.27. The van der Waals surface area contributed by atoms with Gasteiger partial charge in [-0.2, -0.15) is 0 Å². The van der Waals surface area contributed by atoms with Crippen molar-refractivity contribution in [3.8, 4) is 0 Å². The highest BCUT2D eigenvalue weighted by Crippen LogP contribution is 2.43. The first-order valence-electron chi connectivity index (χ1n) is 3.91. The molecule has 0 aromatic heterocycles. The van der Waals surface area contributed by atoms with Crippen LogP contribution in [0.15, 0.2) is 0 Å². The van der Waals surface area contributed by atoms with Crippen LogP contribution in [0.2, 0.25) is 0 Å². The predicted octanol–water partition coefficient (Wildman–Crippen LogP) is 3.34. The molecule has 0 radical (unpaired) electrons. The van der Waals surface area contributed by atoms with Crippen LogP contribution in [0.5, 0.6) is 0 Å². The van der Waals surface area contributed by atoms with Crippen LogP contribution in [-0.4, -0.2) is 25.8 Å². The van der Waals surface area contributed by atoms with Crippen LogP contribution >= 0.6 is 47.0 Å². The van der Waals surface area contributed by atoms with Crippen molar-refractivity contribution in [1.82, 2.24) is 0 Å². The number of rotatable bonds is 4. The average molecular weight is 224 g/mol. The highest BCUT2D eigenvalue weighted by atomic mass is 32.2. The number of hydrogen-bond acceptors (Lipinski definition) is 4. The van der Waals surface area contributed by atoms with Crippen LogP contribution in [0.3, 0.4) is 0 Å². The van der Waals surface area contributed by atoms with Gasteiger partial charge in [0.1, 0.15) is 0 Å². The molecule has 4 heteroatoms. The predicted molar refractivity (Wildman–Crippen MR) is 61.8 cm³/mol. The first-order chi connectivity index (χ1) is 5.45. The molecule has 0 spiro atoms. The van der Waals surface area contributed by atoms with Crippen LogP contribution in [0.1, 0.15) is 12.8 Å². The summed E-state index contributed by atoms with van der Waals surface area (Å²) in [6.45, 7) is 0. The van der Waals surface area contributed by atoms with Gasteiger partial charge in [-0.25, -0.2) is 0 Å². The third kappa shape index (κ3) is 2.68. The van der Waals surface area contributed by atoms with E-state index < -0.39 is 0 Å². The molecule has 64 valence electrons. The second kappa shape index (κ2) is 4.58. The Morgan fingerprint density at radius 1 is 1.00 bits per heavy atom. The van der Waals surface area contributed by atoms with Gasteiger partial charge < -0.3 is 0 Å². The highest BCUT2D eigenvalue weighted by Gasteiger charge is 2.21. The molecule has 2 rings (SSSR count). The molecule has 2 saturated heterocycles. The van der Waals surface area contributed by atoms with Gasteiger partial charge in [0.25, 0.3) is 0 Å². The summed E-state index contributed by atoms with van der Waals surface area (Å²) in [6, 6.07) is 0. The average Bonchev–Trinajstić information content (AvgIpc) is 1.79. The van der Waals surface area contributed by atoms with Crippen LogP contribution < -0.4 is 0 Å². The van der Waals surface area contributed by atoms with E-state index >= 15 is 0 Å². The van der Waals surface area contributed by atoms with Gasteiger partial charge in [0, 0.05) is 5.08 Å². The molecular formula is C7H12S4. The zero-order valence-corrected chi connectivity index (χ0v) is 9.59. The second-order valence-electron chi connectivity index (χ2n) is 2.63. The van der Waals surface area contributed by atoms with Gasteiger partial charge >= 0.3 is 0 Å². The zero-order valence-electron chi connectivity index (χ0n) is 6.32. The lowest BCUT2D eigenvalue weighted by Crippen LogP contribution is -2.13. The zero-order chi connectivity index (χ0) is 7.52. The lowest BCUT2D eigenvalue weighted by atomic mass is 10.5. The van der Waals surface area contributed by atoms with Crippen LogP contribution in [0, 0.1) is 0 Å². The van der Waals surface area contributed by atoms with E-state index in [4.69, 9.17) is 0 Å². The molecule has 0 N–H and O–H groups in total. The van der Waals surface area contributed by atoms with E-state index in [0.29, 0.717) is 0 Å². The monoisotopic (exact) mass is 224 g/mol. The summed E-state index contributed by atoms with van der Waals surface area (Å²) in [7, 11) is 0. The van der Waals surface area contributed by atoms with Gasteiger partial charge in [-0.05, 0) is 24.3 Å². The third-order valence-corrected chi connectivity index (χ3v) is 7.92. The largest absolute Gasteiger partial charge is 0.148 e. The third-order valence-electron chi connectivity index (χ3n) is 1.82. The Kier molecular flexibility index (Phi) is 3.74. The van der Waals surface area contributed by atoms with E-state index in [1.165, 1.54) is 29.4 Å². The van der Waals surface area contributed by atoms with Gasteiger partial charge in [0.2, 0.25) is 0 Å². The minimum Gasteiger partial charge on any atom is -0.148 e. The molecule has 0 nitrogen and oxygen atoms in total.